The highest BCUT2D eigenvalue weighted by Crippen LogP contribution is 2.19. The van der Waals surface area contributed by atoms with Crippen molar-refractivity contribution in [2.45, 2.75) is 18.1 Å². The zero-order valence-electron chi connectivity index (χ0n) is 9.07. The zero-order chi connectivity index (χ0) is 12.5. The third kappa shape index (κ3) is 2.66. The first kappa shape index (κ1) is 12.1. The van der Waals surface area contributed by atoms with E-state index in [-0.39, 0.29) is 18.0 Å². The summed E-state index contributed by atoms with van der Waals surface area (Å²) >= 11 is 0. The lowest BCUT2D eigenvalue weighted by molar-refractivity contribution is 0.0949. The highest BCUT2D eigenvalue weighted by Gasteiger charge is 2.31. The molecule has 0 bridgehead atoms. The van der Waals surface area contributed by atoms with Crippen molar-refractivity contribution in [3.05, 3.63) is 23.8 Å². The Morgan fingerprint density at radius 3 is 2.88 bits per heavy atom. The van der Waals surface area contributed by atoms with E-state index in [4.69, 9.17) is 0 Å². The van der Waals surface area contributed by atoms with Gasteiger partial charge >= 0.3 is 0 Å². The lowest BCUT2D eigenvalue weighted by Crippen LogP contribution is -2.34. The summed E-state index contributed by atoms with van der Waals surface area (Å²) in [5, 5.41) is 1.99. The summed E-state index contributed by atoms with van der Waals surface area (Å²) in [7, 11) is -3.06. The molecule has 0 spiro atoms. The first-order valence-electron chi connectivity index (χ1n) is 5.33. The molecule has 7 heteroatoms. The van der Waals surface area contributed by atoms with Crippen molar-refractivity contribution in [1.82, 2.24) is 10.3 Å². The largest absolute Gasteiger partial charge is 0.355 e. The number of H-pyrrole nitrogens is 1. The molecule has 1 saturated heterocycles. The van der Waals surface area contributed by atoms with Crippen molar-refractivity contribution >= 4 is 15.7 Å². The minimum absolute atomic E-state index is 0.0851. The minimum atomic E-state index is -3.06. The Kier molecular flexibility index (Phi) is 3.19. The number of hydrogen-bond acceptors (Lipinski definition) is 3. The number of nitrogens with one attached hydrogen (secondary N) is 2. The van der Waals surface area contributed by atoms with Crippen LogP contribution in [0.5, 0.6) is 0 Å². The van der Waals surface area contributed by atoms with Gasteiger partial charge in [0.15, 0.2) is 9.84 Å². The SMILES string of the molecule is O=C(NC[C@H]1CCCS1(=O)=O)c1cc(F)c[nH]1. The Morgan fingerprint density at radius 1 is 1.59 bits per heavy atom. The van der Waals surface area contributed by atoms with E-state index in [0.717, 1.165) is 12.3 Å². The summed E-state index contributed by atoms with van der Waals surface area (Å²) in [5.41, 5.74) is 0.0953. The smallest absolute Gasteiger partial charge is 0.267 e. The van der Waals surface area contributed by atoms with E-state index in [9.17, 15) is 17.6 Å². The van der Waals surface area contributed by atoms with Crippen LogP contribution in [-0.2, 0) is 9.84 Å². The monoisotopic (exact) mass is 260 g/mol. The van der Waals surface area contributed by atoms with Crippen LogP contribution < -0.4 is 5.32 Å². The van der Waals surface area contributed by atoms with E-state index in [1.807, 2.05) is 0 Å². The molecule has 0 unspecified atom stereocenters. The van der Waals surface area contributed by atoms with Crippen molar-refractivity contribution < 1.29 is 17.6 Å². The van der Waals surface area contributed by atoms with Gasteiger partial charge in [0.05, 0.1) is 11.0 Å². The fourth-order valence-corrected chi connectivity index (χ4v) is 3.65. The Hall–Kier alpha value is -1.37. The second-order valence-corrected chi connectivity index (χ2v) is 6.47. The minimum Gasteiger partial charge on any atom is -0.355 e. The van der Waals surface area contributed by atoms with Gasteiger partial charge in [0.2, 0.25) is 0 Å². The summed E-state index contributed by atoms with van der Waals surface area (Å²) in [6, 6.07) is 1.07. The fourth-order valence-electron chi connectivity index (χ4n) is 1.89. The molecule has 1 aliphatic heterocycles. The summed E-state index contributed by atoms with van der Waals surface area (Å²) in [5.74, 6) is -0.829. The van der Waals surface area contributed by atoms with Gasteiger partial charge in [-0.15, -0.1) is 0 Å². The van der Waals surface area contributed by atoms with Gasteiger partial charge in [0.25, 0.3) is 5.91 Å². The third-order valence-corrected chi connectivity index (χ3v) is 5.12. The lowest BCUT2D eigenvalue weighted by Gasteiger charge is -2.09. The van der Waals surface area contributed by atoms with Gasteiger partial charge in [0.1, 0.15) is 11.5 Å². The molecule has 1 atom stereocenters. The lowest BCUT2D eigenvalue weighted by atomic mass is 10.2. The number of aromatic amines is 1. The quantitative estimate of drug-likeness (QED) is 0.828. The maximum absolute atomic E-state index is 12.6. The van der Waals surface area contributed by atoms with E-state index in [0.29, 0.717) is 12.8 Å². The fraction of sp³-hybridized carbons (Fsp3) is 0.500. The molecule has 1 fully saturated rings. The van der Waals surface area contributed by atoms with Crippen LogP contribution in [0.2, 0.25) is 0 Å². The maximum Gasteiger partial charge on any atom is 0.267 e. The van der Waals surface area contributed by atoms with Crippen LogP contribution in [0, 0.1) is 5.82 Å². The second-order valence-electron chi connectivity index (χ2n) is 4.07. The highest BCUT2D eigenvalue weighted by atomic mass is 32.2. The van der Waals surface area contributed by atoms with Crippen LogP contribution in [0.3, 0.4) is 0 Å². The molecule has 1 aliphatic rings. The van der Waals surface area contributed by atoms with Crippen LogP contribution in [0.4, 0.5) is 4.39 Å². The average Bonchev–Trinajstić information content (AvgIpc) is 2.81. The first-order chi connectivity index (χ1) is 7.99. The van der Waals surface area contributed by atoms with E-state index < -0.39 is 26.8 Å². The van der Waals surface area contributed by atoms with Crippen LogP contribution in [-0.4, -0.2) is 36.9 Å². The Labute approximate surface area is 98.3 Å². The van der Waals surface area contributed by atoms with Crippen molar-refractivity contribution in [1.29, 1.82) is 0 Å². The zero-order valence-corrected chi connectivity index (χ0v) is 9.89. The Morgan fingerprint density at radius 2 is 2.35 bits per heavy atom. The van der Waals surface area contributed by atoms with Crippen LogP contribution >= 0.6 is 0 Å². The molecule has 0 radical (unpaired) electrons. The van der Waals surface area contributed by atoms with E-state index >= 15 is 0 Å². The van der Waals surface area contributed by atoms with Gasteiger partial charge in [-0.3, -0.25) is 4.79 Å². The van der Waals surface area contributed by atoms with Crippen molar-refractivity contribution in [3.8, 4) is 0 Å². The number of halogens is 1. The first-order valence-corrected chi connectivity index (χ1v) is 7.04. The average molecular weight is 260 g/mol. The van der Waals surface area contributed by atoms with Gasteiger partial charge in [-0.1, -0.05) is 0 Å². The van der Waals surface area contributed by atoms with Gasteiger partial charge < -0.3 is 10.3 Å². The molecular weight excluding hydrogens is 247 g/mol. The number of carbonyl (C=O) groups is 1. The van der Waals surface area contributed by atoms with Crippen molar-refractivity contribution in [2.75, 3.05) is 12.3 Å². The molecule has 2 N–H and O–H groups in total. The molecule has 2 rings (SSSR count). The molecule has 0 aromatic carbocycles. The summed E-state index contributed by atoms with van der Waals surface area (Å²) in [4.78, 5) is 14.0. The number of carbonyl (C=O) groups excluding carboxylic acids is 1. The molecule has 94 valence electrons. The van der Waals surface area contributed by atoms with E-state index in [1.165, 1.54) is 0 Å². The molecule has 2 heterocycles. The number of aromatic nitrogens is 1. The standard InChI is InChI=1S/C10H13FN2O3S/c11-7-4-9(12-5-7)10(14)13-6-8-2-1-3-17(8,15)16/h4-5,8,12H,1-3,6H2,(H,13,14)/t8-/m1/s1. The van der Waals surface area contributed by atoms with Gasteiger partial charge in [-0.2, -0.15) is 0 Å². The molecule has 5 nitrogen and oxygen atoms in total. The molecule has 1 amide bonds. The van der Waals surface area contributed by atoms with E-state index in [2.05, 4.69) is 10.3 Å². The highest BCUT2D eigenvalue weighted by molar-refractivity contribution is 7.92. The number of amides is 1. The van der Waals surface area contributed by atoms with Crippen LogP contribution in [0.1, 0.15) is 23.3 Å². The predicted molar refractivity (Wildman–Crippen MR) is 59.9 cm³/mol. The number of hydrogen-bond donors (Lipinski definition) is 2. The summed E-state index contributed by atoms with van der Waals surface area (Å²) in [6.45, 7) is 0.0851. The van der Waals surface area contributed by atoms with Crippen LogP contribution in [0.25, 0.3) is 0 Å². The Balaban J connectivity index is 1.93. The molecule has 1 aromatic rings. The maximum atomic E-state index is 12.6. The molecule has 1 aromatic heterocycles. The molecule has 0 saturated carbocycles. The topological polar surface area (TPSA) is 79.0 Å². The Bertz CT molecular complexity index is 523. The predicted octanol–water partition coefficient (Wildman–Crippen LogP) is 0.461. The number of sulfone groups is 1. The van der Waals surface area contributed by atoms with Crippen LogP contribution in [0.15, 0.2) is 12.3 Å². The number of rotatable bonds is 3. The van der Waals surface area contributed by atoms with E-state index in [1.54, 1.807) is 0 Å². The van der Waals surface area contributed by atoms with Crippen molar-refractivity contribution in [3.63, 3.8) is 0 Å². The molecular formula is C10H13FN2O3S. The molecule has 0 aliphatic carbocycles. The van der Waals surface area contributed by atoms with Crippen molar-refractivity contribution in [2.24, 2.45) is 0 Å². The second kappa shape index (κ2) is 4.48. The van der Waals surface area contributed by atoms with Gasteiger partial charge in [-0.05, 0) is 12.8 Å². The normalized spacial score (nSPS) is 22.5. The third-order valence-electron chi connectivity index (χ3n) is 2.85. The van der Waals surface area contributed by atoms with Gasteiger partial charge in [0, 0.05) is 18.8 Å². The van der Waals surface area contributed by atoms with Gasteiger partial charge in [-0.25, -0.2) is 12.8 Å². The summed E-state index contributed by atoms with van der Waals surface area (Å²) in [6.07, 6.45) is 2.28. The summed E-state index contributed by atoms with van der Waals surface area (Å²) < 4.78 is 35.6. The molecule has 17 heavy (non-hydrogen) atoms.